The van der Waals surface area contributed by atoms with Crippen molar-refractivity contribution in [1.29, 1.82) is 0 Å². The Bertz CT molecular complexity index is 1090. The van der Waals surface area contributed by atoms with Gasteiger partial charge in [-0.15, -0.1) is 0 Å². The molecule has 4 rings (SSSR count). The second kappa shape index (κ2) is 9.52. The minimum absolute atomic E-state index is 0.0671. The maximum atomic E-state index is 13.1. The average Bonchev–Trinajstić information content (AvgIpc) is 3.14. The summed E-state index contributed by atoms with van der Waals surface area (Å²) in [5.74, 6) is 0.492. The van der Waals surface area contributed by atoms with Crippen LogP contribution in [0.4, 0.5) is 0 Å². The molecular formula is C24H27ClN4O2. The number of nitrogens with zero attached hydrogens (tertiary/aromatic N) is 3. The SMILES string of the molecule is CN(C(=O)Cn1c(CNC(=O)c2cccc(Cl)c2)nc2ccccc21)C1CCCCC1. The highest BCUT2D eigenvalue weighted by molar-refractivity contribution is 6.30. The van der Waals surface area contributed by atoms with Crippen molar-refractivity contribution in [3.63, 3.8) is 0 Å². The van der Waals surface area contributed by atoms with E-state index >= 15 is 0 Å². The van der Waals surface area contributed by atoms with Crippen LogP contribution in [0.2, 0.25) is 5.02 Å². The number of imidazole rings is 1. The fourth-order valence-electron chi connectivity index (χ4n) is 4.25. The number of hydrogen-bond donors (Lipinski definition) is 1. The molecule has 0 spiro atoms. The molecule has 1 heterocycles. The number of carbonyl (C=O) groups is 2. The molecule has 0 radical (unpaired) electrons. The first-order valence-electron chi connectivity index (χ1n) is 10.8. The van der Waals surface area contributed by atoms with E-state index in [9.17, 15) is 9.59 Å². The van der Waals surface area contributed by atoms with Crippen molar-refractivity contribution in [3.05, 3.63) is 64.9 Å². The summed E-state index contributed by atoms with van der Waals surface area (Å²) < 4.78 is 1.91. The predicted octanol–water partition coefficient (Wildman–Crippen LogP) is 4.41. The van der Waals surface area contributed by atoms with Crippen molar-refractivity contribution in [3.8, 4) is 0 Å². The van der Waals surface area contributed by atoms with Crippen LogP contribution in [0.3, 0.4) is 0 Å². The second-order valence-corrected chi connectivity index (χ2v) is 8.53. The highest BCUT2D eigenvalue weighted by Crippen LogP contribution is 2.23. The lowest BCUT2D eigenvalue weighted by molar-refractivity contribution is -0.133. The molecule has 0 saturated heterocycles. The van der Waals surface area contributed by atoms with Crippen LogP contribution in [-0.4, -0.2) is 39.4 Å². The minimum Gasteiger partial charge on any atom is -0.345 e. The van der Waals surface area contributed by atoms with E-state index in [0.29, 0.717) is 22.5 Å². The van der Waals surface area contributed by atoms with E-state index in [1.54, 1.807) is 24.3 Å². The molecule has 3 aromatic rings. The predicted molar refractivity (Wildman–Crippen MR) is 122 cm³/mol. The number of amides is 2. The summed E-state index contributed by atoms with van der Waals surface area (Å²) in [5, 5.41) is 3.41. The molecule has 1 saturated carbocycles. The maximum Gasteiger partial charge on any atom is 0.251 e. The first kappa shape index (κ1) is 21.4. The van der Waals surface area contributed by atoms with Gasteiger partial charge in [0, 0.05) is 23.7 Å². The van der Waals surface area contributed by atoms with E-state index in [2.05, 4.69) is 10.3 Å². The lowest BCUT2D eigenvalue weighted by atomic mass is 9.94. The summed E-state index contributed by atoms with van der Waals surface area (Å²) in [4.78, 5) is 32.2. The van der Waals surface area contributed by atoms with Crippen LogP contribution >= 0.6 is 11.6 Å². The Balaban J connectivity index is 1.53. The topological polar surface area (TPSA) is 67.2 Å². The normalized spacial score (nSPS) is 14.5. The van der Waals surface area contributed by atoms with E-state index in [1.807, 2.05) is 40.8 Å². The molecule has 0 atom stereocenters. The third-order valence-corrected chi connectivity index (χ3v) is 6.27. The molecule has 1 fully saturated rings. The van der Waals surface area contributed by atoms with E-state index < -0.39 is 0 Å². The molecule has 1 aliphatic carbocycles. The number of likely N-dealkylation sites (N-methyl/N-ethyl adjacent to an activating group) is 1. The van der Waals surface area contributed by atoms with Gasteiger partial charge in [-0.25, -0.2) is 4.98 Å². The average molecular weight is 439 g/mol. The van der Waals surface area contributed by atoms with Gasteiger partial charge in [-0.05, 0) is 43.2 Å². The van der Waals surface area contributed by atoms with Crippen LogP contribution < -0.4 is 5.32 Å². The fraction of sp³-hybridized carbons (Fsp3) is 0.375. The lowest BCUT2D eigenvalue weighted by Gasteiger charge is -2.31. The van der Waals surface area contributed by atoms with Crippen molar-refractivity contribution in [2.45, 2.75) is 51.2 Å². The second-order valence-electron chi connectivity index (χ2n) is 8.09. The largest absolute Gasteiger partial charge is 0.345 e. The molecule has 1 N–H and O–H groups in total. The van der Waals surface area contributed by atoms with Crippen molar-refractivity contribution in [2.24, 2.45) is 0 Å². The van der Waals surface area contributed by atoms with E-state index in [4.69, 9.17) is 11.6 Å². The summed E-state index contributed by atoms with van der Waals surface area (Å²) in [6.45, 7) is 0.427. The highest BCUT2D eigenvalue weighted by atomic mass is 35.5. The molecular weight excluding hydrogens is 412 g/mol. The van der Waals surface area contributed by atoms with Gasteiger partial charge in [0.15, 0.2) is 0 Å². The third-order valence-electron chi connectivity index (χ3n) is 6.04. The van der Waals surface area contributed by atoms with Gasteiger partial charge in [0.1, 0.15) is 12.4 Å². The van der Waals surface area contributed by atoms with Gasteiger partial charge in [0.2, 0.25) is 5.91 Å². The maximum absolute atomic E-state index is 13.1. The Morgan fingerprint density at radius 3 is 2.68 bits per heavy atom. The Labute approximate surface area is 187 Å². The van der Waals surface area contributed by atoms with Crippen LogP contribution in [0.1, 0.15) is 48.3 Å². The number of para-hydroxylation sites is 2. The number of carbonyl (C=O) groups excluding carboxylic acids is 2. The number of nitrogens with one attached hydrogen (secondary N) is 1. The third kappa shape index (κ3) is 4.90. The molecule has 0 unspecified atom stereocenters. The summed E-state index contributed by atoms with van der Waals surface area (Å²) in [6.07, 6.45) is 5.74. The van der Waals surface area contributed by atoms with Crippen LogP contribution in [0.5, 0.6) is 0 Å². The quantitative estimate of drug-likeness (QED) is 0.619. The zero-order chi connectivity index (χ0) is 21.8. The molecule has 0 bridgehead atoms. The smallest absolute Gasteiger partial charge is 0.251 e. The van der Waals surface area contributed by atoms with Gasteiger partial charge in [0.05, 0.1) is 17.6 Å². The molecule has 2 amide bonds. The van der Waals surface area contributed by atoms with Crippen LogP contribution in [0.15, 0.2) is 48.5 Å². The number of benzene rings is 2. The Hall–Kier alpha value is -2.86. The van der Waals surface area contributed by atoms with Crippen molar-refractivity contribution >= 4 is 34.4 Å². The number of halogens is 1. The molecule has 162 valence electrons. The van der Waals surface area contributed by atoms with Gasteiger partial charge in [-0.3, -0.25) is 9.59 Å². The number of aromatic nitrogens is 2. The highest BCUT2D eigenvalue weighted by Gasteiger charge is 2.23. The zero-order valence-corrected chi connectivity index (χ0v) is 18.4. The van der Waals surface area contributed by atoms with Gasteiger partial charge in [-0.2, -0.15) is 0 Å². The van der Waals surface area contributed by atoms with E-state index in [0.717, 1.165) is 23.9 Å². The lowest BCUT2D eigenvalue weighted by Crippen LogP contribution is -2.40. The minimum atomic E-state index is -0.230. The Morgan fingerprint density at radius 1 is 1.13 bits per heavy atom. The first-order valence-corrected chi connectivity index (χ1v) is 11.1. The van der Waals surface area contributed by atoms with Crippen LogP contribution in [0, 0.1) is 0 Å². The van der Waals surface area contributed by atoms with Crippen LogP contribution in [0.25, 0.3) is 11.0 Å². The number of rotatable bonds is 6. The van der Waals surface area contributed by atoms with Crippen molar-refractivity contribution in [2.75, 3.05) is 7.05 Å². The number of fused-ring (bicyclic) bond motifs is 1. The standard InChI is InChI=1S/C24H27ClN4O2/c1-28(19-10-3-2-4-11-19)23(30)16-29-21-13-6-5-12-20(21)27-22(29)15-26-24(31)17-8-7-9-18(25)14-17/h5-9,12-14,19H,2-4,10-11,15-16H2,1H3,(H,26,31). The summed E-state index contributed by atoms with van der Waals surface area (Å²) in [6, 6.07) is 14.9. The van der Waals surface area contributed by atoms with Gasteiger partial charge in [-0.1, -0.05) is 49.1 Å². The number of hydrogen-bond acceptors (Lipinski definition) is 3. The molecule has 1 aliphatic rings. The van der Waals surface area contributed by atoms with Crippen LogP contribution in [-0.2, 0) is 17.9 Å². The van der Waals surface area contributed by atoms with Gasteiger partial charge >= 0.3 is 0 Å². The fourth-order valence-corrected chi connectivity index (χ4v) is 4.44. The van der Waals surface area contributed by atoms with Gasteiger partial charge < -0.3 is 14.8 Å². The molecule has 1 aromatic heterocycles. The monoisotopic (exact) mass is 438 g/mol. The summed E-state index contributed by atoms with van der Waals surface area (Å²) in [5.41, 5.74) is 2.19. The van der Waals surface area contributed by atoms with E-state index in [-0.39, 0.29) is 24.9 Å². The molecule has 0 aliphatic heterocycles. The van der Waals surface area contributed by atoms with Gasteiger partial charge in [0.25, 0.3) is 5.91 Å². The molecule has 6 nitrogen and oxygen atoms in total. The molecule has 7 heteroatoms. The Kier molecular flexibility index (Phi) is 6.56. The Morgan fingerprint density at radius 2 is 1.90 bits per heavy atom. The molecule has 2 aromatic carbocycles. The van der Waals surface area contributed by atoms with E-state index in [1.165, 1.54) is 19.3 Å². The zero-order valence-electron chi connectivity index (χ0n) is 17.7. The summed E-state index contributed by atoms with van der Waals surface area (Å²) >= 11 is 6.00. The first-order chi connectivity index (χ1) is 15.0. The summed E-state index contributed by atoms with van der Waals surface area (Å²) in [7, 11) is 1.90. The van der Waals surface area contributed by atoms with Crippen molar-refractivity contribution < 1.29 is 9.59 Å². The van der Waals surface area contributed by atoms with Crippen molar-refractivity contribution in [1.82, 2.24) is 19.8 Å². The molecule has 31 heavy (non-hydrogen) atoms.